The summed E-state index contributed by atoms with van der Waals surface area (Å²) >= 11 is 0. The molecule has 0 bridgehead atoms. The molecule has 9 heteroatoms. The molecule has 206 valence electrons. The van der Waals surface area contributed by atoms with Gasteiger partial charge in [-0.3, -0.25) is 9.59 Å². The number of fused-ring (bicyclic) bond motifs is 2. The van der Waals surface area contributed by atoms with Crippen molar-refractivity contribution in [2.24, 2.45) is 0 Å². The number of likely N-dealkylation sites (N-methyl/N-ethyl adjacent to an activating group) is 2. The van der Waals surface area contributed by atoms with Crippen molar-refractivity contribution in [2.45, 2.75) is 6.92 Å². The van der Waals surface area contributed by atoms with Crippen LogP contribution in [-0.4, -0.2) is 69.1 Å². The maximum atomic E-state index is 13.2. The molecule has 0 aliphatic carbocycles. The number of pyridine rings is 1. The number of nitrogens with one attached hydrogen (secondary N) is 2. The number of carbonyl (C=O) groups excluding carboxylic acids is 2. The van der Waals surface area contributed by atoms with E-state index < -0.39 is 0 Å². The molecule has 0 saturated carbocycles. The molecule has 0 atom stereocenters. The van der Waals surface area contributed by atoms with Gasteiger partial charge in [0.1, 0.15) is 19.0 Å². The van der Waals surface area contributed by atoms with Gasteiger partial charge in [-0.1, -0.05) is 6.07 Å². The van der Waals surface area contributed by atoms with Crippen molar-refractivity contribution in [3.8, 4) is 11.5 Å². The summed E-state index contributed by atoms with van der Waals surface area (Å²) in [5.74, 6) is 1.53. The highest BCUT2D eigenvalue weighted by Crippen LogP contribution is 2.31. The lowest BCUT2D eigenvalue weighted by Crippen LogP contribution is -2.28. The molecule has 2 N–H and O–H groups in total. The summed E-state index contributed by atoms with van der Waals surface area (Å²) in [6.07, 6.45) is 0. The lowest BCUT2D eigenvalue weighted by atomic mass is 10.1. The van der Waals surface area contributed by atoms with E-state index in [0.717, 1.165) is 35.4 Å². The number of anilines is 3. The minimum atomic E-state index is -0.285. The Labute approximate surface area is 233 Å². The Kier molecular flexibility index (Phi) is 7.84. The normalized spacial score (nSPS) is 12.3. The second-order valence-corrected chi connectivity index (χ2v) is 10.1. The molecule has 1 aromatic heterocycles. The summed E-state index contributed by atoms with van der Waals surface area (Å²) in [5, 5.41) is 6.76. The van der Waals surface area contributed by atoms with Crippen LogP contribution in [0.15, 0.2) is 66.7 Å². The molecule has 0 radical (unpaired) electrons. The zero-order chi connectivity index (χ0) is 28.2. The average Bonchev–Trinajstić information content (AvgIpc) is 2.96. The van der Waals surface area contributed by atoms with Gasteiger partial charge in [-0.25, -0.2) is 4.98 Å². The van der Waals surface area contributed by atoms with E-state index in [0.29, 0.717) is 47.2 Å². The van der Waals surface area contributed by atoms with Gasteiger partial charge in [0, 0.05) is 48.0 Å². The first-order valence-corrected chi connectivity index (χ1v) is 13.2. The van der Waals surface area contributed by atoms with Crippen molar-refractivity contribution in [1.29, 1.82) is 0 Å². The van der Waals surface area contributed by atoms with Crippen LogP contribution in [0.4, 0.5) is 17.2 Å². The van der Waals surface area contributed by atoms with Gasteiger partial charge in [0.2, 0.25) is 0 Å². The zero-order valence-electron chi connectivity index (χ0n) is 23.2. The Hall–Kier alpha value is -4.63. The zero-order valence-corrected chi connectivity index (χ0v) is 23.2. The molecule has 5 rings (SSSR count). The number of ether oxygens (including phenoxy) is 2. The maximum absolute atomic E-state index is 13.2. The Bertz CT molecular complexity index is 1570. The maximum Gasteiger partial charge on any atom is 0.255 e. The quantitative estimate of drug-likeness (QED) is 0.332. The second-order valence-electron chi connectivity index (χ2n) is 10.1. The predicted octanol–water partition coefficient (Wildman–Crippen LogP) is 4.82. The Morgan fingerprint density at radius 2 is 1.52 bits per heavy atom. The number of nitrogens with zero attached hydrogens (tertiary/aromatic N) is 3. The molecule has 1 aliphatic rings. The van der Waals surface area contributed by atoms with E-state index in [1.807, 2.05) is 58.4 Å². The summed E-state index contributed by atoms with van der Waals surface area (Å²) < 4.78 is 11.1. The highest BCUT2D eigenvalue weighted by Gasteiger charge is 2.16. The minimum Gasteiger partial charge on any atom is -0.486 e. The highest BCUT2D eigenvalue weighted by molar-refractivity contribution is 6.08. The fourth-order valence-electron chi connectivity index (χ4n) is 4.35. The van der Waals surface area contributed by atoms with Crippen LogP contribution in [0.2, 0.25) is 0 Å². The Morgan fingerprint density at radius 3 is 2.33 bits per heavy atom. The molecular weight excluding hydrogens is 506 g/mol. The average molecular weight is 540 g/mol. The minimum absolute atomic E-state index is 0.243. The van der Waals surface area contributed by atoms with Crippen molar-refractivity contribution < 1.29 is 19.1 Å². The summed E-state index contributed by atoms with van der Waals surface area (Å²) in [4.78, 5) is 35.1. The lowest BCUT2D eigenvalue weighted by Gasteiger charge is -2.20. The van der Waals surface area contributed by atoms with Gasteiger partial charge in [-0.05, 0) is 87.2 Å². The summed E-state index contributed by atoms with van der Waals surface area (Å²) in [6.45, 7) is 4.63. The van der Waals surface area contributed by atoms with Crippen LogP contribution in [0.25, 0.3) is 10.9 Å². The fourth-order valence-corrected chi connectivity index (χ4v) is 4.35. The third kappa shape index (κ3) is 6.16. The molecule has 0 unspecified atom stereocenters. The number of aryl methyl sites for hydroxylation is 1. The number of carbonyl (C=O) groups is 2. The number of aromatic nitrogens is 1. The predicted molar refractivity (Wildman–Crippen MR) is 158 cm³/mol. The Balaban J connectivity index is 1.28. The van der Waals surface area contributed by atoms with Crippen molar-refractivity contribution in [1.82, 2.24) is 9.88 Å². The van der Waals surface area contributed by atoms with E-state index in [1.54, 1.807) is 36.4 Å². The van der Waals surface area contributed by atoms with E-state index in [9.17, 15) is 9.59 Å². The van der Waals surface area contributed by atoms with Gasteiger partial charge in [-0.2, -0.15) is 0 Å². The van der Waals surface area contributed by atoms with Gasteiger partial charge in [0.15, 0.2) is 11.5 Å². The molecule has 9 nitrogen and oxygen atoms in total. The molecule has 0 saturated heterocycles. The van der Waals surface area contributed by atoms with Crippen LogP contribution in [0.3, 0.4) is 0 Å². The molecule has 3 aromatic carbocycles. The lowest BCUT2D eigenvalue weighted by molar-refractivity contribution is 0.101. The van der Waals surface area contributed by atoms with E-state index >= 15 is 0 Å². The van der Waals surface area contributed by atoms with Crippen molar-refractivity contribution in [3.05, 3.63) is 83.4 Å². The molecule has 2 amide bonds. The number of amides is 2. The summed E-state index contributed by atoms with van der Waals surface area (Å²) in [5.41, 5.74) is 3.85. The SMILES string of the molecule is Cc1ccc(NC(=O)c2ccc3c(c2)OCCO3)cc1NC(=O)c1ccc2nc(N(C)CCN(C)C)ccc2c1. The highest BCUT2D eigenvalue weighted by atomic mass is 16.6. The van der Waals surface area contributed by atoms with E-state index in [1.165, 1.54) is 0 Å². The third-order valence-electron chi connectivity index (χ3n) is 6.76. The van der Waals surface area contributed by atoms with Crippen molar-refractivity contribution in [2.75, 3.05) is 63.0 Å². The Morgan fingerprint density at radius 1 is 0.800 bits per heavy atom. The van der Waals surface area contributed by atoms with Gasteiger partial charge < -0.3 is 29.9 Å². The van der Waals surface area contributed by atoms with E-state index in [-0.39, 0.29) is 11.8 Å². The molecule has 40 heavy (non-hydrogen) atoms. The largest absolute Gasteiger partial charge is 0.486 e. The smallest absolute Gasteiger partial charge is 0.255 e. The first-order chi connectivity index (χ1) is 19.3. The first-order valence-electron chi connectivity index (χ1n) is 13.2. The molecule has 0 fully saturated rings. The van der Waals surface area contributed by atoms with Crippen LogP contribution in [-0.2, 0) is 0 Å². The van der Waals surface area contributed by atoms with E-state index in [2.05, 4.69) is 20.4 Å². The van der Waals surface area contributed by atoms with Crippen molar-refractivity contribution >= 4 is 39.9 Å². The fraction of sp³-hybridized carbons (Fsp3) is 0.258. The second kappa shape index (κ2) is 11.6. The van der Waals surface area contributed by atoms with Crippen LogP contribution >= 0.6 is 0 Å². The topological polar surface area (TPSA) is 96.0 Å². The standard InChI is InChI=1S/C31H33N5O4/c1-20-5-9-24(32-30(37)23-7-11-27-28(18-23)40-16-15-39-27)19-26(20)34-31(38)22-6-10-25-21(17-22)8-12-29(33-25)36(4)14-13-35(2)3/h5-12,17-19H,13-16H2,1-4H3,(H,32,37)(H,34,38). The summed E-state index contributed by atoms with van der Waals surface area (Å²) in [6, 6.07) is 19.9. The van der Waals surface area contributed by atoms with Gasteiger partial charge >= 0.3 is 0 Å². The van der Waals surface area contributed by atoms with E-state index in [4.69, 9.17) is 14.5 Å². The van der Waals surface area contributed by atoms with Gasteiger partial charge in [-0.15, -0.1) is 0 Å². The third-order valence-corrected chi connectivity index (χ3v) is 6.76. The monoisotopic (exact) mass is 539 g/mol. The number of hydrogen-bond acceptors (Lipinski definition) is 7. The molecular formula is C31H33N5O4. The molecule has 4 aromatic rings. The van der Waals surface area contributed by atoms with Gasteiger partial charge in [0.25, 0.3) is 11.8 Å². The molecule has 0 spiro atoms. The van der Waals surface area contributed by atoms with Crippen LogP contribution in [0, 0.1) is 6.92 Å². The number of rotatable bonds is 8. The molecule has 1 aliphatic heterocycles. The van der Waals surface area contributed by atoms with Crippen LogP contribution in [0.5, 0.6) is 11.5 Å². The van der Waals surface area contributed by atoms with Crippen molar-refractivity contribution in [3.63, 3.8) is 0 Å². The summed E-state index contributed by atoms with van der Waals surface area (Å²) in [7, 11) is 6.11. The number of benzene rings is 3. The number of hydrogen-bond donors (Lipinski definition) is 2. The van der Waals surface area contributed by atoms with Crippen LogP contribution in [0.1, 0.15) is 26.3 Å². The first kappa shape index (κ1) is 27.0. The van der Waals surface area contributed by atoms with Crippen LogP contribution < -0.4 is 25.0 Å². The van der Waals surface area contributed by atoms with Gasteiger partial charge in [0.05, 0.1) is 5.52 Å². The molecule has 2 heterocycles.